The molecule has 0 saturated heterocycles. The van der Waals surface area contributed by atoms with Crippen molar-refractivity contribution in [1.29, 1.82) is 0 Å². The number of hydrogen-bond acceptors (Lipinski definition) is 4. The third-order valence-electron chi connectivity index (χ3n) is 1.90. The first-order chi connectivity index (χ1) is 6.91. The summed E-state index contributed by atoms with van der Waals surface area (Å²) in [5.74, 6) is -1.60. The summed E-state index contributed by atoms with van der Waals surface area (Å²) in [6.45, 7) is 0. The molecule has 0 aliphatic rings. The van der Waals surface area contributed by atoms with Gasteiger partial charge in [-0.2, -0.15) is 0 Å². The molecule has 6 heteroatoms. The van der Waals surface area contributed by atoms with Gasteiger partial charge in [-0.25, -0.2) is 0 Å². The highest BCUT2D eigenvalue weighted by Crippen LogP contribution is 2.29. The molecule has 1 rings (SSSR count). The monoisotopic (exact) mass is 323 g/mol. The molecule has 82 valence electrons. The van der Waals surface area contributed by atoms with Gasteiger partial charge in [0.25, 0.3) is 0 Å². The van der Waals surface area contributed by atoms with E-state index < -0.39 is 12.0 Å². The van der Waals surface area contributed by atoms with Crippen molar-refractivity contribution in [2.75, 3.05) is 0 Å². The Bertz CT molecular complexity index is 394. The molecule has 0 fully saturated rings. The zero-order chi connectivity index (χ0) is 11.6. The number of halogens is 1. The number of benzene rings is 1. The number of aromatic hydroxyl groups is 2. The number of rotatable bonds is 3. The molecule has 15 heavy (non-hydrogen) atoms. The van der Waals surface area contributed by atoms with Crippen LogP contribution < -0.4 is 5.73 Å². The number of phenols is 2. The molecule has 0 radical (unpaired) electrons. The average molecular weight is 323 g/mol. The maximum absolute atomic E-state index is 10.5. The van der Waals surface area contributed by atoms with Crippen molar-refractivity contribution in [2.45, 2.75) is 12.5 Å². The van der Waals surface area contributed by atoms with Crippen molar-refractivity contribution in [2.24, 2.45) is 5.73 Å². The Labute approximate surface area is 99.7 Å². The van der Waals surface area contributed by atoms with E-state index in [1.54, 1.807) is 0 Å². The van der Waals surface area contributed by atoms with Crippen LogP contribution in [0.15, 0.2) is 12.1 Å². The van der Waals surface area contributed by atoms with Crippen LogP contribution in [0.3, 0.4) is 0 Å². The highest BCUT2D eigenvalue weighted by molar-refractivity contribution is 14.1. The van der Waals surface area contributed by atoms with Gasteiger partial charge in [0.2, 0.25) is 0 Å². The summed E-state index contributed by atoms with van der Waals surface area (Å²) in [5.41, 5.74) is 5.96. The first-order valence-electron chi connectivity index (χ1n) is 4.10. The van der Waals surface area contributed by atoms with Gasteiger partial charge < -0.3 is 21.1 Å². The minimum absolute atomic E-state index is 0.113. The number of carboxylic acid groups (broad SMARTS) is 1. The molecular weight excluding hydrogens is 313 g/mol. The van der Waals surface area contributed by atoms with E-state index in [2.05, 4.69) is 0 Å². The minimum Gasteiger partial charge on any atom is -0.504 e. The van der Waals surface area contributed by atoms with Crippen LogP contribution in [0.2, 0.25) is 0 Å². The Hall–Kier alpha value is -1.02. The second-order valence-corrected chi connectivity index (χ2v) is 4.24. The molecular formula is C9H10INO4. The molecule has 5 N–H and O–H groups in total. The van der Waals surface area contributed by atoms with E-state index in [9.17, 15) is 9.90 Å². The minimum atomic E-state index is -1.10. The first-order valence-corrected chi connectivity index (χ1v) is 5.18. The van der Waals surface area contributed by atoms with Gasteiger partial charge in [0, 0.05) is 3.57 Å². The summed E-state index contributed by atoms with van der Waals surface area (Å²) < 4.78 is 0.666. The zero-order valence-corrected chi connectivity index (χ0v) is 9.80. The van der Waals surface area contributed by atoms with Crippen molar-refractivity contribution in [3.8, 4) is 11.5 Å². The van der Waals surface area contributed by atoms with Crippen LogP contribution in [-0.4, -0.2) is 27.3 Å². The summed E-state index contributed by atoms with van der Waals surface area (Å²) in [7, 11) is 0. The normalized spacial score (nSPS) is 12.4. The number of phenolic OH excluding ortho intramolecular Hbond substituents is 2. The molecule has 0 unspecified atom stereocenters. The Morgan fingerprint density at radius 1 is 1.40 bits per heavy atom. The van der Waals surface area contributed by atoms with Crippen molar-refractivity contribution in [3.63, 3.8) is 0 Å². The van der Waals surface area contributed by atoms with E-state index in [-0.39, 0.29) is 17.9 Å². The third-order valence-corrected chi connectivity index (χ3v) is 2.90. The molecule has 0 spiro atoms. The van der Waals surface area contributed by atoms with Gasteiger partial charge in [0.05, 0.1) is 0 Å². The Morgan fingerprint density at radius 3 is 2.47 bits per heavy atom. The highest BCUT2D eigenvalue weighted by atomic mass is 127. The van der Waals surface area contributed by atoms with E-state index in [1.165, 1.54) is 12.1 Å². The second-order valence-electron chi connectivity index (χ2n) is 3.08. The van der Waals surface area contributed by atoms with Gasteiger partial charge >= 0.3 is 5.97 Å². The topological polar surface area (TPSA) is 104 Å². The van der Waals surface area contributed by atoms with Crippen LogP contribution in [-0.2, 0) is 11.2 Å². The van der Waals surface area contributed by atoms with Gasteiger partial charge in [-0.3, -0.25) is 4.79 Å². The van der Waals surface area contributed by atoms with E-state index in [4.69, 9.17) is 15.9 Å². The number of hydrogen-bond donors (Lipinski definition) is 4. The van der Waals surface area contributed by atoms with Crippen molar-refractivity contribution < 1.29 is 20.1 Å². The van der Waals surface area contributed by atoms with Crippen LogP contribution in [0, 0.1) is 3.57 Å². The van der Waals surface area contributed by atoms with E-state index in [0.717, 1.165) is 0 Å². The van der Waals surface area contributed by atoms with Crippen LogP contribution in [0.1, 0.15) is 5.56 Å². The zero-order valence-electron chi connectivity index (χ0n) is 7.64. The highest BCUT2D eigenvalue weighted by Gasteiger charge is 2.15. The number of nitrogens with two attached hydrogens (primary N) is 1. The quantitative estimate of drug-likeness (QED) is 0.483. The molecule has 1 aromatic carbocycles. The molecule has 0 saturated carbocycles. The van der Waals surface area contributed by atoms with Crippen molar-refractivity contribution in [1.82, 2.24) is 0 Å². The molecule has 0 bridgehead atoms. The molecule has 1 atom stereocenters. The van der Waals surface area contributed by atoms with E-state index in [0.29, 0.717) is 9.13 Å². The van der Waals surface area contributed by atoms with Crippen LogP contribution in [0.4, 0.5) is 0 Å². The molecule has 0 aliphatic heterocycles. The summed E-state index contributed by atoms with van der Waals surface area (Å²) in [5, 5.41) is 27.0. The molecule has 5 nitrogen and oxygen atoms in total. The average Bonchev–Trinajstić information content (AvgIpc) is 2.13. The van der Waals surface area contributed by atoms with Gasteiger partial charge in [-0.05, 0) is 46.7 Å². The van der Waals surface area contributed by atoms with Crippen LogP contribution in [0.25, 0.3) is 0 Å². The molecule has 0 aromatic heterocycles. The smallest absolute Gasteiger partial charge is 0.320 e. The van der Waals surface area contributed by atoms with E-state index >= 15 is 0 Å². The number of aliphatic carboxylic acids is 1. The second kappa shape index (κ2) is 4.67. The summed E-state index contributed by atoms with van der Waals surface area (Å²) >= 11 is 1.94. The standard InChI is InChI=1S/C9H10INO4/c10-5-3-8(13)7(12)2-4(5)1-6(11)9(14)15/h2-3,6,12-13H,1,11H2,(H,14,15)/t6-/m0/s1. The molecule has 0 amide bonds. The van der Waals surface area contributed by atoms with Gasteiger partial charge in [0.15, 0.2) is 11.5 Å². The predicted molar refractivity (Wildman–Crippen MR) is 61.8 cm³/mol. The first kappa shape index (κ1) is 12.1. The maximum Gasteiger partial charge on any atom is 0.320 e. The Balaban J connectivity index is 2.95. The van der Waals surface area contributed by atoms with Crippen molar-refractivity contribution in [3.05, 3.63) is 21.3 Å². The lowest BCUT2D eigenvalue weighted by atomic mass is 10.1. The number of carboxylic acids is 1. The van der Waals surface area contributed by atoms with Gasteiger partial charge in [0.1, 0.15) is 6.04 Å². The molecule has 0 heterocycles. The van der Waals surface area contributed by atoms with Gasteiger partial charge in [-0.1, -0.05) is 0 Å². The lowest BCUT2D eigenvalue weighted by Gasteiger charge is -2.09. The van der Waals surface area contributed by atoms with Crippen LogP contribution >= 0.6 is 22.6 Å². The van der Waals surface area contributed by atoms with E-state index in [1.807, 2.05) is 22.6 Å². The fourth-order valence-corrected chi connectivity index (χ4v) is 1.75. The lowest BCUT2D eigenvalue weighted by Crippen LogP contribution is -2.32. The summed E-state index contributed by atoms with van der Waals surface area (Å²) in [4.78, 5) is 10.5. The molecule has 1 aromatic rings. The predicted octanol–water partition coefficient (Wildman–Crippen LogP) is 0.657. The van der Waals surface area contributed by atoms with Gasteiger partial charge in [-0.15, -0.1) is 0 Å². The van der Waals surface area contributed by atoms with Crippen molar-refractivity contribution >= 4 is 28.6 Å². The Kier molecular flexibility index (Phi) is 3.75. The largest absolute Gasteiger partial charge is 0.504 e. The SMILES string of the molecule is N[C@@H](Cc1cc(O)c(O)cc1I)C(=O)O. The fraction of sp³-hybridized carbons (Fsp3) is 0.222. The van der Waals surface area contributed by atoms with Crippen LogP contribution in [0.5, 0.6) is 11.5 Å². The summed E-state index contributed by atoms with van der Waals surface area (Å²) in [6.07, 6.45) is 0.113. The Morgan fingerprint density at radius 2 is 1.93 bits per heavy atom. The fourth-order valence-electron chi connectivity index (χ4n) is 1.08. The lowest BCUT2D eigenvalue weighted by molar-refractivity contribution is -0.138. The third kappa shape index (κ3) is 2.96. The molecule has 0 aliphatic carbocycles. The summed E-state index contributed by atoms with van der Waals surface area (Å²) in [6, 6.07) is 1.67. The number of carbonyl (C=O) groups is 1. The maximum atomic E-state index is 10.5.